The van der Waals surface area contributed by atoms with Crippen molar-refractivity contribution in [2.75, 3.05) is 13.1 Å². The maximum absolute atomic E-state index is 10.1. The van der Waals surface area contributed by atoms with Gasteiger partial charge in [-0.2, -0.15) is 0 Å². The van der Waals surface area contributed by atoms with Crippen LogP contribution in [0.15, 0.2) is 52.4 Å². The molecular formula is C17H16N2OS. The van der Waals surface area contributed by atoms with Crippen LogP contribution in [0, 0.1) is 0 Å². The SMILES string of the molecule is CC(O)C1=C(c2ccc3ccccc3c2)N2CCN=C2S1. The fourth-order valence-corrected chi connectivity index (χ4v) is 4.06. The van der Waals surface area contributed by atoms with E-state index in [4.69, 9.17) is 0 Å². The maximum Gasteiger partial charge on any atom is 0.168 e. The molecule has 1 unspecified atom stereocenters. The van der Waals surface area contributed by atoms with E-state index in [9.17, 15) is 5.11 Å². The average molecular weight is 296 g/mol. The van der Waals surface area contributed by atoms with Gasteiger partial charge in [-0.3, -0.25) is 4.99 Å². The highest BCUT2D eigenvalue weighted by Gasteiger charge is 2.34. The Morgan fingerprint density at radius 3 is 2.81 bits per heavy atom. The van der Waals surface area contributed by atoms with Crippen molar-refractivity contribution >= 4 is 33.4 Å². The Kier molecular flexibility index (Phi) is 3.01. The van der Waals surface area contributed by atoms with Crippen LogP contribution in [0.3, 0.4) is 0 Å². The minimum absolute atomic E-state index is 0.468. The number of hydrogen-bond donors (Lipinski definition) is 1. The number of aliphatic hydroxyl groups excluding tert-OH is 1. The second-order valence-corrected chi connectivity index (χ2v) is 6.38. The van der Waals surface area contributed by atoms with Crippen molar-refractivity contribution in [3.05, 3.63) is 52.9 Å². The number of amidine groups is 1. The highest BCUT2D eigenvalue weighted by Crippen LogP contribution is 2.43. The molecule has 0 radical (unpaired) electrons. The highest BCUT2D eigenvalue weighted by atomic mass is 32.2. The van der Waals surface area contributed by atoms with Crippen molar-refractivity contribution in [2.45, 2.75) is 13.0 Å². The minimum atomic E-state index is -0.468. The lowest BCUT2D eigenvalue weighted by Gasteiger charge is -2.18. The van der Waals surface area contributed by atoms with E-state index >= 15 is 0 Å². The Morgan fingerprint density at radius 2 is 2.00 bits per heavy atom. The summed E-state index contributed by atoms with van der Waals surface area (Å²) in [5.74, 6) is 0. The van der Waals surface area contributed by atoms with Crippen molar-refractivity contribution in [1.82, 2.24) is 4.90 Å². The van der Waals surface area contributed by atoms with Crippen LogP contribution in [0.25, 0.3) is 16.5 Å². The van der Waals surface area contributed by atoms with E-state index in [-0.39, 0.29) is 0 Å². The van der Waals surface area contributed by atoms with Gasteiger partial charge >= 0.3 is 0 Å². The number of fused-ring (bicyclic) bond motifs is 2. The first-order chi connectivity index (χ1) is 10.2. The zero-order valence-electron chi connectivity index (χ0n) is 11.8. The minimum Gasteiger partial charge on any atom is -0.388 e. The number of nitrogens with zero attached hydrogens (tertiary/aromatic N) is 2. The summed E-state index contributed by atoms with van der Waals surface area (Å²) in [5, 5.41) is 13.6. The molecule has 4 heteroatoms. The molecule has 2 aromatic rings. The molecule has 0 fully saturated rings. The molecule has 0 aromatic heterocycles. The summed E-state index contributed by atoms with van der Waals surface area (Å²) in [5.41, 5.74) is 2.28. The molecule has 0 saturated heterocycles. The number of thioether (sulfide) groups is 1. The lowest BCUT2D eigenvalue weighted by atomic mass is 10.0. The number of rotatable bonds is 2. The molecule has 0 spiro atoms. The van der Waals surface area contributed by atoms with Crippen molar-refractivity contribution in [3.63, 3.8) is 0 Å². The van der Waals surface area contributed by atoms with Gasteiger partial charge in [-0.25, -0.2) is 0 Å². The molecule has 2 heterocycles. The van der Waals surface area contributed by atoms with Crippen molar-refractivity contribution in [3.8, 4) is 0 Å². The Bertz CT molecular complexity index is 779. The van der Waals surface area contributed by atoms with Crippen LogP contribution in [0.1, 0.15) is 12.5 Å². The Labute approximate surface area is 128 Å². The van der Waals surface area contributed by atoms with Crippen LogP contribution in [0.4, 0.5) is 0 Å². The predicted octanol–water partition coefficient (Wildman–Crippen LogP) is 3.31. The quantitative estimate of drug-likeness (QED) is 0.923. The summed E-state index contributed by atoms with van der Waals surface area (Å²) >= 11 is 1.60. The molecular weight excluding hydrogens is 280 g/mol. The van der Waals surface area contributed by atoms with E-state index in [1.165, 1.54) is 10.8 Å². The van der Waals surface area contributed by atoms with Gasteiger partial charge < -0.3 is 10.0 Å². The van der Waals surface area contributed by atoms with Gasteiger partial charge in [0.15, 0.2) is 5.17 Å². The zero-order valence-corrected chi connectivity index (χ0v) is 12.6. The van der Waals surface area contributed by atoms with Gasteiger partial charge in [0.25, 0.3) is 0 Å². The first-order valence-electron chi connectivity index (χ1n) is 7.15. The summed E-state index contributed by atoms with van der Waals surface area (Å²) in [6, 6.07) is 14.9. The average Bonchev–Trinajstić information content (AvgIpc) is 3.07. The summed E-state index contributed by atoms with van der Waals surface area (Å²) in [6.45, 7) is 3.57. The fourth-order valence-electron chi connectivity index (χ4n) is 2.92. The second kappa shape index (κ2) is 4.90. The molecule has 1 N–H and O–H groups in total. The largest absolute Gasteiger partial charge is 0.388 e. The van der Waals surface area contributed by atoms with Crippen LogP contribution in [-0.2, 0) is 0 Å². The van der Waals surface area contributed by atoms with Crippen LogP contribution in [0.5, 0.6) is 0 Å². The monoisotopic (exact) mass is 296 g/mol. The van der Waals surface area contributed by atoms with Crippen LogP contribution in [-0.4, -0.2) is 34.4 Å². The van der Waals surface area contributed by atoms with Gasteiger partial charge in [0, 0.05) is 11.4 Å². The molecule has 0 bridgehead atoms. The molecule has 4 rings (SSSR count). The van der Waals surface area contributed by atoms with Crippen LogP contribution in [0.2, 0.25) is 0 Å². The summed E-state index contributed by atoms with van der Waals surface area (Å²) in [6.07, 6.45) is -0.468. The third kappa shape index (κ3) is 2.06. The number of hydrogen-bond acceptors (Lipinski definition) is 4. The molecule has 0 aliphatic carbocycles. The van der Waals surface area contributed by atoms with E-state index in [1.807, 2.05) is 6.92 Å². The molecule has 3 nitrogen and oxygen atoms in total. The summed E-state index contributed by atoms with van der Waals surface area (Å²) < 4.78 is 0. The smallest absolute Gasteiger partial charge is 0.168 e. The third-order valence-electron chi connectivity index (χ3n) is 3.91. The van der Waals surface area contributed by atoms with Gasteiger partial charge in [0.1, 0.15) is 0 Å². The number of aliphatic imine (C=N–C) groups is 1. The topological polar surface area (TPSA) is 35.8 Å². The Balaban J connectivity index is 1.88. The van der Waals surface area contributed by atoms with Crippen molar-refractivity contribution < 1.29 is 5.11 Å². The van der Waals surface area contributed by atoms with Gasteiger partial charge in [-0.15, -0.1) is 0 Å². The Morgan fingerprint density at radius 1 is 1.19 bits per heavy atom. The Hall–Kier alpha value is -1.78. The lowest BCUT2D eigenvalue weighted by molar-refractivity contribution is 0.240. The maximum atomic E-state index is 10.1. The molecule has 1 atom stereocenters. The third-order valence-corrected chi connectivity index (χ3v) is 5.19. The van der Waals surface area contributed by atoms with E-state index in [0.717, 1.165) is 34.4 Å². The van der Waals surface area contributed by atoms with Crippen molar-refractivity contribution in [1.29, 1.82) is 0 Å². The number of aliphatic hydroxyl groups is 1. The fraction of sp³-hybridized carbons (Fsp3) is 0.235. The molecule has 21 heavy (non-hydrogen) atoms. The summed E-state index contributed by atoms with van der Waals surface area (Å²) in [7, 11) is 0. The second-order valence-electron chi connectivity index (χ2n) is 5.37. The van der Waals surface area contributed by atoms with E-state index in [1.54, 1.807) is 11.8 Å². The first kappa shape index (κ1) is 12.9. The van der Waals surface area contributed by atoms with Crippen LogP contribution < -0.4 is 0 Å². The normalized spacial score (nSPS) is 19.1. The van der Waals surface area contributed by atoms with Gasteiger partial charge in [0.2, 0.25) is 0 Å². The van der Waals surface area contributed by atoms with Crippen molar-refractivity contribution in [2.24, 2.45) is 4.99 Å². The van der Waals surface area contributed by atoms with Gasteiger partial charge in [-0.1, -0.05) is 48.2 Å². The molecule has 2 aliphatic heterocycles. The van der Waals surface area contributed by atoms with Crippen LogP contribution >= 0.6 is 11.8 Å². The van der Waals surface area contributed by atoms with E-state index in [2.05, 4.69) is 52.4 Å². The highest BCUT2D eigenvalue weighted by molar-refractivity contribution is 8.17. The number of benzene rings is 2. The first-order valence-corrected chi connectivity index (χ1v) is 7.97. The predicted molar refractivity (Wildman–Crippen MR) is 89.1 cm³/mol. The van der Waals surface area contributed by atoms with E-state index < -0.39 is 6.10 Å². The van der Waals surface area contributed by atoms with Gasteiger partial charge in [0.05, 0.1) is 18.3 Å². The van der Waals surface area contributed by atoms with E-state index in [0.29, 0.717) is 0 Å². The zero-order chi connectivity index (χ0) is 14.4. The molecule has 106 valence electrons. The molecule has 2 aromatic carbocycles. The summed E-state index contributed by atoms with van der Waals surface area (Å²) in [4.78, 5) is 7.76. The molecule has 0 amide bonds. The standard InChI is InChI=1S/C17H16N2OS/c1-11(20)16-15(19-9-8-18-17(19)21-16)14-7-6-12-4-2-3-5-13(12)10-14/h2-7,10-11,20H,8-9H2,1H3. The molecule has 0 saturated carbocycles. The van der Waals surface area contributed by atoms with Gasteiger partial charge in [-0.05, 0) is 29.3 Å². The molecule has 2 aliphatic rings. The lowest BCUT2D eigenvalue weighted by Crippen LogP contribution is -2.20.